The second kappa shape index (κ2) is 7.40. The Hall–Kier alpha value is -1.01. The highest BCUT2D eigenvalue weighted by atomic mass is 32.3. The Labute approximate surface area is 82.9 Å². The van der Waals surface area contributed by atoms with Gasteiger partial charge in [-0.25, -0.2) is 0 Å². The smallest absolute Gasteiger partial charge is 0.344 e. The third-order valence-electron chi connectivity index (χ3n) is 1.25. The third kappa shape index (κ3) is 13.6. The standard InChI is InChI=1S/C8H10.F2O2S.H3N/c1-2-8-6-4-3-5-7-8;1-5(2,3)4;/h3-7H,2H2,1H3;;1H3. The molecule has 3 N–H and O–H groups in total. The Bertz CT molecular complexity index is 318. The molecule has 0 fully saturated rings. The molecule has 0 heterocycles. The van der Waals surface area contributed by atoms with Gasteiger partial charge in [0.05, 0.1) is 0 Å². The van der Waals surface area contributed by atoms with Crippen LogP contribution in [0, 0.1) is 0 Å². The van der Waals surface area contributed by atoms with Crippen LogP contribution in [0.5, 0.6) is 0 Å². The van der Waals surface area contributed by atoms with Gasteiger partial charge in [0, 0.05) is 0 Å². The number of hydrogen-bond donors (Lipinski definition) is 1. The largest absolute Gasteiger partial charge is 0.476 e. The van der Waals surface area contributed by atoms with Gasteiger partial charge in [0.25, 0.3) is 0 Å². The lowest BCUT2D eigenvalue weighted by molar-refractivity contribution is 0.501. The molecule has 0 saturated heterocycles. The van der Waals surface area contributed by atoms with Gasteiger partial charge in [-0.2, -0.15) is 8.42 Å². The van der Waals surface area contributed by atoms with Crippen molar-refractivity contribution in [2.24, 2.45) is 0 Å². The van der Waals surface area contributed by atoms with E-state index in [0.29, 0.717) is 0 Å². The summed E-state index contributed by atoms with van der Waals surface area (Å²) in [7, 11) is -5.67. The van der Waals surface area contributed by atoms with Gasteiger partial charge in [0.2, 0.25) is 0 Å². The Morgan fingerprint density at radius 1 is 1.14 bits per heavy atom. The lowest BCUT2D eigenvalue weighted by Gasteiger charge is -1.89. The van der Waals surface area contributed by atoms with Gasteiger partial charge in [-0.3, -0.25) is 0 Å². The quantitative estimate of drug-likeness (QED) is 0.747. The van der Waals surface area contributed by atoms with Crippen LogP contribution in [0.2, 0.25) is 0 Å². The van der Waals surface area contributed by atoms with Crippen molar-refractivity contribution in [3.63, 3.8) is 0 Å². The van der Waals surface area contributed by atoms with Crippen LogP contribution >= 0.6 is 0 Å². The van der Waals surface area contributed by atoms with Crippen LogP contribution in [0.4, 0.5) is 7.77 Å². The molecule has 3 nitrogen and oxygen atoms in total. The second-order valence-corrected chi connectivity index (χ2v) is 2.97. The molecule has 0 spiro atoms. The molecule has 6 heteroatoms. The first-order valence-electron chi connectivity index (χ1n) is 3.61. The lowest BCUT2D eigenvalue weighted by atomic mass is 10.2. The fourth-order valence-electron chi connectivity index (χ4n) is 0.714. The highest BCUT2D eigenvalue weighted by Gasteiger charge is 1.94. The van der Waals surface area contributed by atoms with Crippen molar-refractivity contribution >= 4 is 10.6 Å². The third-order valence-corrected chi connectivity index (χ3v) is 1.25. The molecule has 0 radical (unpaired) electrons. The highest BCUT2D eigenvalue weighted by molar-refractivity contribution is 7.81. The zero-order valence-corrected chi connectivity index (χ0v) is 8.60. The predicted octanol–water partition coefficient (Wildman–Crippen LogP) is 2.58. The normalized spacial score (nSPS) is 9.36. The monoisotopic (exact) mass is 225 g/mol. The van der Waals surface area contributed by atoms with Crippen LogP contribution in [0.3, 0.4) is 0 Å². The molecule has 0 atom stereocenters. The van der Waals surface area contributed by atoms with E-state index in [-0.39, 0.29) is 6.15 Å². The molecule has 0 aliphatic carbocycles. The first-order valence-corrected chi connectivity index (χ1v) is 4.90. The Kier molecular flexibility index (Phi) is 8.17. The maximum absolute atomic E-state index is 9.99. The van der Waals surface area contributed by atoms with Crippen LogP contribution in [0.1, 0.15) is 12.5 Å². The molecule has 82 valence electrons. The zero-order valence-electron chi connectivity index (χ0n) is 7.78. The van der Waals surface area contributed by atoms with Crippen molar-refractivity contribution in [1.82, 2.24) is 6.15 Å². The number of benzene rings is 1. The average molecular weight is 225 g/mol. The minimum atomic E-state index is -5.67. The fourth-order valence-corrected chi connectivity index (χ4v) is 0.714. The predicted molar refractivity (Wildman–Crippen MR) is 52.0 cm³/mol. The van der Waals surface area contributed by atoms with E-state index in [4.69, 9.17) is 8.42 Å². The molecule has 0 aliphatic heterocycles. The number of rotatable bonds is 1. The summed E-state index contributed by atoms with van der Waals surface area (Å²) in [5, 5.41) is 0. The molecule has 0 amide bonds. The maximum Gasteiger partial charge on any atom is 0.476 e. The van der Waals surface area contributed by atoms with E-state index in [1.807, 2.05) is 6.07 Å². The van der Waals surface area contributed by atoms with Crippen LogP contribution in [0.15, 0.2) is 30.3 Å². The first kappa shape index (κ1) is 15.5. The molecule has 1 rings (SSSR count). The van der Waals surface area contributed by atoms with Gasteiger partial charge in [-0.15, -0.1) is 0 Å². The molecule has 0 aliphatic rings. The summed E-state index contributed by atoms with van der Waals surface area (Å²) in [5.74, 6) is 0. The van der Waals surface area contributed by atoms with E-state index in [1.54, 1.807) is 0 Å². The van der Waals surface area contributed by atoms with Crippen molar-refractivity contribution < 1.29 is 16.2 Å². The summed E-state index contributed by atoms with van der Waals surface area (Å²) in [6.07, 6.45) is 1.14. The average Bonchev–Trinajstić information content (AvgIpc) is 2.03. The van der Waals surface area contributed by atoms with Crippen LogP contribution in [0.25, 0.3) is 0 Å². The molecule has 0 aromatic heterocycles. The molecular formula is C8H13F2NO2S. The minimum absolute atomic E-state index is 0. The summed E-state index contributed by atoms with van der Waals surface area (Å²) in [6, 6.07) is 10.5. The number of hydrogen-bond acceptors (Lipinski definition) is 3. The van der Waals surface area contributed by atoms with E-state index < -0.39 is 10.6 Å². The summed E-state index contributed by atoms with van der Waals surface area (Å²) in [6.45, 7) is 2.16. The second-order valence-electron chi connectivity index (χ2n) is 2.22. The number of halogens is 2. The van der Waals surface area contributed by atoms with E-state index in [2.05, 4.69) is 31.2 Å². The van der Waals surface area contributed by atoms with E-state index in [1.165, 1.54) is 5.56 Å². The van der Waals surface area contributed by atoms with Gasteiger partial charge in [0.1, 0.15) is 0 Å². The summed E-state index contributed by atoms with van der Waals surface area (Å²) in [5.41, 5.74) is 1.41. The Morgan fingerprint density at radius 2 is 1.50 bits per heavy atom. The van der Waals surface area contributed by atoms with Gasteiger partial charge in [-0.1, -0.05) is 45.0 Å². The van der Waals surface area contributed by atoms with E-state index >= 15 is 0 Å². The fraction of sp³-hybridized carbons (Fsp3) is 0.250. The van der Waals surface area contributed by atoms with Crippen molar-refractivity contribution in [3.05, 3.63) is 35.9 Å². The van der Waals surface area contributed by atoms with E-state index in [9.17, 15) is 7.77 Å². The SMILES string of the molecule is CCc1ccccc1.N.O=S(=O)(F)F. The van der Waals surface area contributed by atoms with Crippen molar-refractivity contribution in [2.45, 2.75) is 13.3 Å². The molecule has 0 unspecified atom stereocenters. The van der Waals surface area contributed by atoms with Crippen LogP contribution in [-0.2, 0) is 17.0 Å². The Morgan fingerprint density at radius 3 is 1.71 bits per heavy atom. The van der Waals surface area contributed by atoms with Crippen molar-refractivity contribution in [1.29, 1.82) is 0 Å². The van der Waals surface area contributed by atoms with E-state index in [0.717, 1.165) is 6.42 Å². The van der Waals surface area contributed by atoms with Gasteiger partial charge >= 0.3 is 10.6 Å². The lowest BCUT2D eigenvalue weighted by Crippen LogP contribution is -1.73. The minimum Gasteiger partial charge on any atom is -0.344 e. The molecule has 0 bridgehead atoms. The Balaban J connectivity index is 0. The number of aryl methyl sites for hydroxylation is 1. The molecule has 1 aromatic carbocycles. The maximum atomic E-state index is 9.99. The first-order chi connectivity index (χ1) is 5.93. The molecule has 0 saturated carbocycles. The van der Waals surface area contributed by atoms with Gasteiger partial charge < -0.3 is 6.15 Å². The molecule has 14 heavy (non-hydrogen) atoms. The zero-order chi connectivity index (χ0) is 10.3. The molecule has 1 aromatic rings. The van der Waals surface area contributed by atoms with Crippen LogP contribution < -0.4 is 6.15 Å². The summed E-state index contributed by atoms with van der Waals surface area (Å²) < 4.78 is 36.6. The summed E-state index contributed by atoms with van der Waals surface area (Å²) >= 11 is 0. The van der Waals surface area contributed by atoms with Gasteiger partial charge in [-0.05, 0) is 12.0 Å². The van der Waals surface area contributed by atoms with Crippen LogP contribution in [-0.4, -0.2) is 8.42 Å². The highest BCUT2D eigenvalue weighted by Crippen LogP contribution is 1.96. The van der Waals surface area contributed by atoms with Crippen molar-refractivity contribution in [2.75, 3.05) is 0 Å². The van der Waals surface area contributed by atoms with Gasteiger partial charge in [0.15, 0.2) is 0 Å². The molecular weight excluding hydrogens is 212 g/mol. The topological polar surface area (TPSA) is 69.1 Å². The summed E-state index contributed by atoms with van der Waals surface area (Å²) in [4.78, 5) is 0. The van der Waals surface area contributed by atoms with Crippen molar-refractivity contribution in [3.8, 4) is 0 Å².